The van der Waals surface area contributed by atoms with Crippen LogP contribution in [0.2, 0.25) is 0 Å². The lowest BCUT2D eigenvalue weighted by Crippen LogP contribution is -2.14. The quantitative estimate of drug-likeness (QED) is 0.929. The SMILES string of the molecule is COc1cccc(C(=O)Nc2cc(C)ccn2)c1OC. The maximum Gasteiger partial charge on any atom is 0.260 e. The summed E-state index contributed by atoms with van der Waals surface area (Å²) >= 11 is 0. The Balaban J connectivity index is 2.30. The lowest BCUT2D eigenvalue weighted by Gasteiger charge is -2.12. The summed E-state index contributed by atoms with van der Waals surface area (Å²) < 4.78 is 10.4. The van der Waals surface area contributed by atoms with E-state index in [9.17, 15) is 4.79 Å². The van der Waals surface area contributed by atoms with E-state index >= 15 is 0 Å². The number of methoxy groups -OCH3 is 2. The van der Waals surface area contributed by atoms with Crippen LogP contribution in [-0.4, -0.2) is 25.1 Å². The minimum atomic E-state index is -0.293. The number of hydrogen-bond acceptors (Lipinski definition) is 4. The normalized spacial score (nSPS) is 9.95. The summed E-state index contributed by atoms with van der Waals surface area (Å²) in [6, 6.07) is 8.80. The summed E-state index contributed by atoms with van der Waals surface area (Å²) in [4.78, 5) is 16.4. The van der Waals surface area contributed by atoms with Crippen molar-refractivity contribution in [2.24, 2.45) is 0 Å². The third kappa shape index (κ3) is 2.88. The molecule has 20 heavy (non-hydrogen) atoms. The summed E-state index contributed by atoms with van der Waals surface area (Å²) in [5, 5.41) is 2.74. The standard InChI is InChI=1S/C15H16N2O3/c1-10-7-8-16-13(9-10)17-15(18)11-5-4-6-12(19-2)14(11)20-3/h4-9H,1-3H3,(H,16,17,18). The van der Waals surface area contributed by atoms with Gasteiger partial charge in [-0.2, -0.15) is 0 Å². The Kier molecular flexibility index (Phi) is 4.20. The third-order valence-electron chi connectivity index (χ3n) is 2.80. The maximum absolute atomic E-state index is 12.3. The van der Waals surface area contributed by atoms with Crippen molar-refractivity contribution in [2.45, 2.75) is 6.92 Å². The predicted molar refractivity (Wildman–Crippen MR) is 76.5 cm³/mol. The maximum atomic E-state index is 12.3. The molecule has 1 aromatic heterocycles. The van der Waals surface area contributed by atoms with Gasteiger partial charge in [-0.25, -0.2) is 4.98 Å². The van der Waals surface area contributed by atoms with Crippen molar-refractivity contribution in [3.8, 4) is 11.5 Å². The minimum Gasteiger partial charge on any atom is -0.493 e. The second-order valence-electron chi connectivity index (χ2n) is 4.21. The Morgan fingerprint density at radius 3 is 2.65 bits per heavy atom. The molecule has 0 spiro atoms. The molecule has 0 aliphatic carbocycles. The van der Waals surface area contributed by atoms with Gasteiger partial charge < -0.3 is 14.8 Å². The molecule has 0 saturated heterocycles. The predicted octanol–water partition coefficient (Wildman–Crippen LogP) is 2.66. The molecule has 0 atom stereocenters. The van der Waals surface area contributed by atoms with Crippen molar-refractivity contribution in [1.29, 1.82) is 0 Å². The van der Waals surface area contributed by atoms with Gasteiger partial charge in [0.15, 0.2) is 11.5 Å². The summed E-state index contributed by atoms with van der Waals surface area (Å²) in [7, 11) is 3.03. The number of amides is 1. The molecular weight excluding hydrogens is 256 g/mol. The van der Waals surface area contributed by atoms with E-state index in [0.29, 0.717) is 22.9 Å². The highest BCUT2D eigenvalue weighted by Gasteiger charge is 2.16. The number of carbonyl (C=O) groups is 1. The van der Waals surface area contributed by atoms with Crippen LogP contribution in [-0.2, 0) is 0 Å². The van der Waals surface area contributed by atoms with E-state index < -0.39 is 0 Å². The molecule has 0 bridgehead atoms. The zero-order chi connectivity index (χ0) is 14.5. The van der Waals surface area contributed by atoms with Crippen molar-refractivity contribution in [3.63, 3.8) is 0 Å². The van der Waals surface area contributed by atoms with Gasteiger partial charge in [0.1, 0.15) is 5.82 Å². The van der Waals surface area contributed by atoms with Crippen LogP contribution in [0.5, 0.6) is 11.5 Å². The molecule has 0 saturated carbocycles. The fourth-order valence-electron chi connectivity index (χ4n) is 1.85. The average molecular weight is 272 g/mol. The van der Waals surface area contributed by atoms with Gasteiger partial charge in [-0.3, -0.25) is 4.79 Å². The molecule has 5 nitrogen and oxygen atoms in total. The van der Waals surface area contributed by atoms with Gasteiger partial charge in [0.05, 0.1) is 19.8 Å². The number of rotatable bonds is 4. The molecule has 0 aliphatic rings. The summed E-state index contributed by atoms with van der Waals surface area (Å²) in [5.41, 5.74) is 1.42. The number of pyridine rings is 1. The number of para-hydroxylation sites is 1. The fourth-order valence-corrected chi connectivity index (χ4v) is 1.85. The molecule has 1 heterocycles. The van der Waals surface area contributed by atoms with Crippen LogP contribution in [0.3, 0.4) is 0 Å². The topological polar surface area (TPSA) is 60.5 Å². The van der Waals surface area contributed by atoms with Gasteiger partial charge in [-0.05, 0) is 36.8 Å². The number of nitrogens with zero attached hydrogens (tertiary/aromatic N) is 1. The summed E-state index contributed by atoms with van der Waals surface area (Å²) in [5.74, 6) is 1.12. The van der Waals surface area contributed by atoms with E-state index in [1.54, 1.807) is 30.5 Å². The Morgan fingerprint density at radius 2 is 2.00 bits per heavy atom. The van der Waals surface area contributed by atoms with Gasteiger partial charge in [0.25, 0.3) is 5.91 Å². The fraction of sp³-hybridized carbons (Fsp3) is 0.200. The van der Waals surface area contributed by atoms with Crippen molar-refractivity contribution in [2.75, 3.05) is 19.5 Å². The number of hydrogen-bond donors (Lipinski definition) is 1. The van der Waals surface area contributed by atoms with Gasteiger partial charge in [0.2, 0.25) is 0 Å². The molecule has 5 heteroatoms. The molecule has 2 rings (SSSR count). The smallest absolute Gasteiger partial charge is 0.260 e. The summed E-state index contributed by atoms with van der Waals surface area (Å²) in [6.07, 6.45) is 1.65. The van der Waals surface area contributed by atoms with E-state index in [4.69, 9.17) is 9.47 Å². The average Bonchev–Trinajstić information content (AvgIpc) is 2.46. The monoisotopic (exact) mass is 272 g/mol. The highest BCUT2D eigenvalue weighted by molar-refractivity contribution is 6.06. The molecule has 0 radical (unpaired) electrons. The van der Waals surface area contributed by atoms with Crippen molar-refractivity contribution in [1.82, 2.24) is 4.98 Å². The zero-order valence-corrected chi connectivity index (χ0v) is 11.6. The van der Waals surface area contributed by atoms with E-state index in [1.807, 2.05) is 13.0 Å². The Morgan fingerprint density at radius 1 is 1.20 bits per heavy atom. The van der Waals surface area contributed by atoms with Crippen molar-refractivity contribution < 1.29 is 14.3 Å². The van der Waals surface area contributed by atoms with Crippen LogP contribution in [0.25, 0.3) is 0 Å². The molecule has 104 valence electrons. The van der Waals surface area contributed by atoms with Crippen LogP contribution >= 0.6 is 0 Å². The first kappa shape index (κ1) is 13.9. The molecule has 0 aliphatic heterocycles. The van der Waals surface area contributed by atoms with Gasteiger partial charge >= 0.3 is 0 Å². The molecule has 2 aromatic rings. The van der Waals surface area contributed by atoms with Crippen LogP contribution in [0.4, 0.5) is 5.82 Å². The number of carbonyl (C=O) groups excluding carboxylic acids is 1. The highest BCUT2D eigenvalue weighted by atomic mass is 16.5. The lowest BCUT2D eigenvalue weighted by molar-refractivity contribution is 0.102. The largest absolute Gasteiger partial charge is 0.493 e. The van der Waals surface area contributed by atoms with E-state index in [1.165, 1.54) is 14.2 Å². The van der Waals surface area contributed by atoms with Gasteiger partial charge in [0, 0.05) is 6.20 Å². The molecule has 0 unspecified atom stereocenters. The molecule has 0 fully saturated rings. The summed E-state index contributed by atoms with van der Waals surface area (Å²) in [6.45, 7) is 1.93. The molecular formula is C15H16N2O3. The first-order chi connectivity index (χ1) is 9.65. The minimum absolute atomic E-state index is 0.293. The second kappa shape index (κ2) is 6.06. The Labute approximate surface area is 117 Å². The van der Waals surface area contributed by atoms with E-state index in [2.05, 4.69) is 10.3 Å². The number of aromatic nitrogens is 1. The van der Waals surface area contributed by atoms with E-state index in [-0.39, 0.29) is 5.91 Å². The van der Waals surface area contributed by atoms with E-state index in [0.717, 1.165) is 5.56 Å². The van der Waals surface area contributed by atoms with Crippen molar-refractivity contribution >= 4 is 11.7 Å². The molecule has 1 amide bonds. The third-order valence-corrected chi connectivity index (χ3v) is 2.80. The Hall–Kier alpha value is -2.56. The molecule has 1 N–H and O–H groups in total. The van der Waals surface area contributed by atoms with Crippen LogP contribution in [0.15, 0.2) is 36.5 Å². The first-order valence-electron chi connectivity index (χ1n) is 6.10. The van der Waals surface area contributed by atoms with Gasteiger partial charge in [-0.15, -0.1) is 0 Å². The number of aryl methyl sites for hydroxylation is 1. The number of nitrogens with one attached hydrogen (secondary N) is 1. The highest BCUT2D eigenvalue weighted by Crippen LogP contribution is 2.31. The number of anilines is 1. The lowest BCUT2D eigenvalue weighted by atomic mass is 10.1. The number of benzene rings is 1. The van der Waals surface area contributed by atoms with Crippen molar-refractivity contribution in [3.05, 3.63) is 47.7 Å². The number of ether oxygens (including phenoxy) is 2. The second-order valence-corrected chi connectivity index (χ2v) is 4.21. The first-order valence-corrected chi connectivity index (χ1v) is 6.10. The van der Waals surface area contributed by atoms with Crippen LogP contribution in [0.1, 0.15) is 15.9 Å². The molecule has 1 aromatic carbocycles. The van der Waals surface area contributed by atoms with Gasteiger partial charge in [-0.1, -0.05) is 6.07 Å². The zero-order valence-electron chi connectivity index (χ0n) is 11.6. The van der Waals surface area contributed by atoms with Crippen LogP contribution < -0.4 is 14.8 Å². The van der Waals surface area contributed by atoms with Crippen LogP contribution in [0, 0.1) is 6.92 Å². The Bertz CT molecular complexity index is 626.